The molecule has 4 nitrogen and oxygen atoms in total. The Kier molecular flexibility index (Phi) is 11.7. The van der Waals surface area contributed by atoms with Crippen molar-refractivity contribution in [2.24, 2.45) is 0 Å². The first kappa shape index (κ1) is 24.6. The van der Waals surface area contributed by atoms with E-state index in [0.717, 1.165) is 37.9 Å². The van der Waals surface area contributed by atoms with Crippen molar-refractivity contribution < 1.29 is 17.3 Å². The zero-order valence-electron chi connectivity index (χ0n) is 18.2. The molecule has 0 spiro atoms. The van der Waals surface area contributed by atoms with Crippen molar-refractivity contribution in [2.45, 2.75) is 76.2 Å². The minimum Gasteiger partial charge on any atom is -0.377 e. The zero-order chi connectivity index (χ0) is 21.5. The minimum atomic E-state index is -3.62. The molecule has 0 saturated carbocycles. The van der Waals surface area contributed by atoms with Gasteiger partial charge in [0.05, 0.1) is 18.1 Å². The summed E-state index contributed by atoms with van der Waals surface area (Å²) < 4.78 is 35.0. The van der Waals surface area contributed by atoms with Gasteiger partial charge in [-0.25, -0.2) is 0 Å². The molecule has 0 aliphatic rings. The molecule has 0 aliphatic carbocycles. The summed E-state index contributed by atoms with van der Waals surface area (Å²) in [5.41, 5.74) is 2.26. The molecule has 5 heteroatoms. The van der Waals surface area contributed by atoms with Crippen LogP contribution in [-0.4, -0.2) is 21.6 Å². The summed E-state index contributed by atoms with van der Waals surface area (Å²) >= 11 is 0. The number of ether oxygens (including phenoxy) is 1. The van der Waals surface area contributed by atoms with E-state index in [2.05, 4.69) is 12.1 Å². The van der Waals surface area contributed by atoms with Crippen molar-refractivity contribution in [3.8, 4) is 0 Å². The lowest BCUT2D eigenvalue weighted by atomic mass is 10.1. The predicted molar refractivity (Wildman–Crippen MR) is 122 cm³/mol. The van der Waals surface area contributed by atoms with Gasteiger partial charge >= 0.3 is 0 Å². The second kappa shape index (κ2) is 14.3. The van der Waals surface area contributed by atoms with Crippen LogP contribution in [0.1, 0.15) is 68.9 Å². The third-order valence-corrected chi connectivity index (χ3v) is 6.42. The molecule has 0 saturated heterocycles. The van der Waals surface area contributed by atoms with Gasteiger partial charge in [-0.1, -0.05) is 93.0 Å². The lowest BCUT2D eigenvalue weighted by Crippen LogP contribution is -2.07. The lowest BCUT2D eigenvalue weighted by molar-refractivity contribution is 0.116. The quantitative estimate of drug-likeness (QED) is 0.227. The first-order chi connectivity index (χ1) is 14.6. The van der Waals surface area contributed by atoms with Gasteiger partial charge < -0.3 is 4.74 Å². The molecule has 2 rings (SSSR count). The molecule has 0 aliphatic heterocycles. The second-order valence-corrected chi connectivity index (χ2v) is 9.42. The second-order valence-electron chi connectivity index (χ2n) is 7.81. The molecule has 30 heavy (non-hydrogen) atoms. The van der Waals surface area contributed by atoms with Crippen molar-refractivity contribution in [3.05, 3.63) is 65.7 Å². The fraction of sp³-hybridized carbons (Fsp3) is 0.520. The van der Waals surface area contributed by atoms with Gasteiger partial charge in [0, 0.05) is 6.61 Å². The maximum absolute atomic E-state index is 12.1. The molecule has 166 valence electrons. The van der Waals surface area contributed by atoms with Crippen molar-refractivity contribution in [1.29, 1.82) is 0 Å². The summed E-state index contributed by atoms with van der Waals surface area (Å²) in [7, 11) is -3.62. The Balaban J connectivity index is 1.37. The molecule has 0 N–H and O–H groups in total. The summed E-state index contributed by atoms with van der Waals surface area (Å²) in [6, 6.07) is 17.1. The van der Waals surface area contributed by atoms with Crippen molar-refractivity contribution in [3.63, 3.8) is 0 Å². The Morgan fingerprint density at radius 2 is 1.20 bits per heavy atom. The normalized spacial score (nSPS) is 11.6. The van der Waals surface area contributed by atoms with Crippen LogP contribution in [0.4, 0.5) is 0 Å². The van der Waals surface area contributed by atoms with Gasteiger partial charge in [-0.05, 0) is 37.5 Å². The molecular formula is C25H36O4S. The number of benzene rings is 2. The summed E-state index contributed by atoms with van der Waals surface area (Å²) in [6.07, 6.45) is 10.2. The van der Waals surface area contributed by atoms with Crippen molar-refractivity contribution in [2.75, 3.05) is 13.2 Å². The number of hydrogen-bond donors (Lipinski definition) is 0. The van der Waals surface area contributed by atoms with Crippen LogP contribution >= 0.6 is 0 Å². The molecule has 0 bridgehead atoms. The number of rotatable bonds is 16. The Hall–Kier alpha value is -1.69. The minimum absolute atomic E-state index is 0.235. The number of aryl methyl sites for hydroxylation is 1. The number of hydrogen-bond acceptors (Lipinski definition) is 4. The van der Waals surface area contributed by atoms with Gasteiger partial charge in [0.25, 0.3) is 10.1 Å². The molecule has 0 aromatic heterocycles. The van der Waals surface area contributed by atoms with E-state index in [4.69, 9.17) is 8.92 Å². The van der Waals surface area contributed by atoms with Crippen molar-refractivity contribution >= 4 is 10.1 Å². The maximum atomic E-state index is 12.1. The van der Waals surface area contributed by atoms with E-state index in [1.807, 2.05) is 25.1 Å². The third kappa shape index (κ3) is 10.4. The molecular weight excluding hydrogens is 396 g/mol. The average molecular weight is 433 g/mol. The molecule has 0 unspecified atom stereocenters. The van der Waals surface area contributed by atoms with Crippen LogP contribution in [0, 0.1) is 6.92 Å². The van der Waals surface area contributed by atoms with Gasteiger partial charge in [-0.15, -0.1) is 0 Å². The van der Waals surface area contributed by atoms with E-state index in [1.54, 1.807) is 24.3 Å². The van der Waals surface area contributed by atoms with Gasteiger partial charge in [-0.2, -0.15) is 8.42 Å². The van der Waals surface area contributed by atoms with E-state index >= 15 is 0 Å². The molecule has 0 radical (unpaired) electrons. The Morgan fingerprint density at radius 1 is 0.667 bits per heavy atom. The van der Waals surface area contributed by atoms with E-state index in [1.165, 1.54) is 37.7 Å². The SMILES string of the molecule is Cc1ccc(S(=O)(=O)OCCCCCCCCCCCOCc2ccccc2)cc1. The van der Waals surface area contributed by atoms with Crippen LogP contribution in [0.15, 0.2) is 59.5 Å². The van der Waals surface area contributed by atoms with Crippen LogP contribution in [0.3, 0.4) is 0 Å². The summed E-state index contributed by atoms with van der Waals surface area (Å²) in [5, 5.41) is 0. The highest BCUT2D eigenvalue weighted by atomic mass is 32.2. The third-order valence-electron chi connectivity index (χ3n) is 5.09. The van der Waals surface area contributed by atoms with Crippen LogP contribution in [-0.2, 0) is 25.6 Å². The van der Waals surface area contributed by atoms with Crippen molar-refractivity contribution in [1.82, 2.24) is 0 Å². The zero-order valence-corrected chi connectivity index (χ0v) is 19.0. The number of unbranched alkanes of at least 4 members (excludes halogenated alkanes) is 8. The molecule has 0 atom stereocenters. The maximum Gasteiger partial charge on any atom is 0.296 e. The van der Waals surface area contributed by atoms with Crippen LogP contribution < -0.4 is 0 Å². The van der Waals surface area contributed by atoms with E-state index < -0.39 is 10.1 Å². The molecule has 2 aromatic rings. The largest absolute Gasteiger partial charge is 0.377 e. The topological polar surface area (TPSA) is 52.6 Å². The first-order valence-corrected chi connectivity index (χ1v) is 12.6. The highest BCUT2D eigenvalue weighted by Crippen LogP contribution is 2.15. The first-order valence-electron chi connectivity index (χ1n) is 11.2. The molecule has 0 heterocycles. The highest BCUT2D eigenvalue weighted by molar-refractivity contribution is 7.86. The van der Waals surface area contributed by atoms with Crippen LogP contribution in [0.5, 0.6) is 0 Å². The van der Waals surface area contributed by atoms with Gasteiger partial charge in [0.1, 0.15) is 0 Å². The lowest BCUT2D eigenvalue weighted by Gasteiger charge is -2.06. The highest BCUT2D eigenvalue weighted by Gasteiger charge is 2.14. The Morgan fingerprint density at radius 3 is 1.80 bits per heavy atom. The van der Waals surface area contributed by atoms with Gasteiger partial charge in [-0.3, -0.25) is 4.18 Å². The van der Waals surface area contributed by atoms with E-state index in [-0.39, 0.29) is 11.5 Å². The van der Waals surface area contributed by atoms with Crippen LogP contribution in [0.2, 0.25) is 0 Å². The predicted octanol–water partition coefficient (Wildman–Crippen LogP) is 6.43. The monoisotopic (exact) mass is 432 g/mol. The van der Waals surface area contributed by atoms with Crippen LogP contribution in [0.25, 0.3) is 0 Å². The fourth-order valence-electron chi connectivity index (χ4n) is 3.25. The molecule has 2 aromatic carbocycles. The van der Waals surface area contributed by atoms with Gasteiger partial charge in [0.15, 0.2) is 0 Å². The smallest absolute Gasteiger partial charge is 0.296 e. The fourth-order valence-corrected chi connectivity index (χ4v) is 4.19. The standard InChI is InChI=1S/C25H36O4S/c1-23-16-18-25(19-17-23)30(26,27)29-21-13-8-6-4-2-3-5-7-12-20-28-22-24-14-10-9-11-15-24/h9-11,14-19H,2-8,12-13,20-22H2,1H3. The van der Waals surface area contributed by atoms with E-state index in [0.29, 0.717) is 6.61 Å². The average Bonchev–Trinajstić information content (AvgIpc) is 2.75. The summed E-state index contributed by atoms with van der Waals surface area (Å²) in [5.74, 6) is 0. The summed E-state index contributed by atoms with van der Waals surface area (Å²) in [6.45, 7) is 3.73. The summed E-state index contributed by atoms with van der Waals surface area (Å²) in [4.78, 5) is 0.235. The molecule has 0 amide bonds. The molecule has 0 fully saturated rings. The van der Waals surface area contributed by atoms with E-state index in [9.17, 15) is 8.42 Å². The van der Waals surface area contributed by atoms with Gasteiger partial charge in [0.2, 0.25) is 0 Å². The Labute approximate surface area is 182 Å². The Bertz CT molecular complexity index is 786.